The maximum Gasteiger partial charge on any atom is 0.305 e. The van der Waals surface area contributed by atoms with E-state index in [0.717, 1.165) is 25.2 Å². The first kappa shape index (κ1) is 16.4. The number of carbonyl (C=O) groups is 1. The Balaban J connectivity index is 1.66. The maximum absolute atomic E-state index is 11.2. The minimum absolute atomic E-state index is 0.115. The Morgan fingerprint density at radius 2 is 2.10 bits per heavy atom. The van der Waals surface area contributed by atoms with Crippen LogP contribution in [0.2, 0.25) is 0 Å². The quantitative estimate of drug-likeness (QED) is 0.481. The Morgan fingerprint density at radius 3 is 2.71 bits per heavy atom. The molecular weight excluding hydrogens is 262 g/mol. The molecule has 0 aliphatic heterocycles. The smallest absolute Gasteiger partial charge is 0.305 e. The van der Waals surface area contributed by atoms with Crippen LogP contribution in [0.5, 0.6) is 0 Å². The molecule has 3 heteroatoms. The molecule has 0 aromatic rings. The van der Waals surface area contributed by atoms with Crippen LogP contribution in [0.25, 0.3) is 0 Å². The zero-order valence-corrected chi connectivity index (χ0v) is 13.7. The molecule has 0 amide bonds. The fourth-order valence-electron chi connectivity index (χ4n) is 4.03. The van der Waals surface area contributed by atoms with Crippen molar-refractivity contribution >= 4 is 5.97 Å². The van der Waals surface area contributed by atoms with E-state index in [1.165, 1.54) is 12.8 Å². The molecule has 3 aliphatic rings. The molecule has 0 radical (unpaired) electrons. The molecule has 4 unspecified atom stereocenters. The Bertz CT molecular complexity index is 432. The van der Waals surface area contributed by atoms with Crippen LogP contribution in [0.3, 0.4) is 0 Å². The van der Waals surface area contributed by atoms with E-state index in [4.69, 9.17) is 10.5 Å². The van der Waals surface area contributed by atoms with E-state index in [0.29, 0.717) is 36.3 Å². The summed E-state index contributed by atoms with van der Waals surface area (Å²) in [5, 5.41) is 0. The third-order valence-corrected chi connectivity index (χ3v) is 5.62. The van der Waals surface area contributed by atoms with Gasteiger partial charge in [-0.2, -0.15) is 0 Å². The average Bonchev–Trinajstić information content (AvgIpc) is 2.43. The summed E-state index contributed by atoms with van der Waals surface area (Å²) in [6.07, 6.45) is 5.52. The van der Waals surface area contributed by atoms with Crippen molar-refractivity contribution in [3.8, 4) is 11.8 Å². The number of hydrogen-bond donors (Lipinski definition) is 1. The molecule has 4 atom stereocenters. The van der Waals surface area contributed by atoms with Gasteiger partial charge in [0.2, 0.25) is 0 Å². The Kier molecular flexibility index (Phi) is 5.32. The third-order valence-electron chi connectivity index (χ3n) is 5.62. The lowest BCUT2D eigenvalue weighted by Gasteiger charge is -2.61. The lowest BCUT2D eigenvalue weighted by atomic mass is 9.45. The van der Waals surface area contributed by atoms with E-state index in [-0.39, 0.29) is 5.97 Å². The predicted octanol–water partition coefficient (Wildman–Crippen LogP) is 3.12. The molecule has 0 heterocycles. The molecule has 118 valence electrons. The normalized spacial score (nSPS) is 32.6. The Morgan fingerprint density at radius 1 is 1.33 bits per heavy atom. The Hall–Kier alpha value is -1.01. The van der Waals surface area contributed by atoms with Crippen molar-refractivity contribution < 1.29 is 9.53 Å². The van der Waals surface area contributed by atoms with E-state index in [9.17, 15) is 4.79 Å². The van der Waals surface area contributed by atoms with Crippen molar-refractivity contribution in [3.05, 3.63) is 0 Å². The highest BCUT2D eigenvalue weighted by atomic mass is 16.5. The van der Waals surface area contributed by atoms with Gasteiger partial charge >= 0.3 is 5.97 Å². The molecule has 3 saturated carbocycles. The summed E-state index contributed by atoms with van der Waals surface area (Å²) in [6, 6.07) is 0.318. The maximum atomic E-state index is 11.2. The highest BCUT2D eigenvalue weighted by molar-refractivity contribution is 5.69. The first-order valence-electron chi connectivity index (χ1n) is 8.33. The van der Waals surface area contributed by atoms with Crippen LogP contribution in [-0.4, -0.2) is 18.6 Å². The van der Waals surface area contributed by atoms with Crippen LogP contribution < -0.4 is 5.73 Å². The highest BCUT2D eigenvalue weighted by Gasteiger charge is 2.56. The van der Waals surface area contributed by atoms with Crippen molar-refractivity contribution in [1.82, 2.24) is 0 Å². The van der Waals surface area contributed by atoms with Crippen molar-refractivity contribution in [3.63, 3.8) is 0 Å². The molecule has 2 bridgehead atoms. The Labute approximate surface area is 129 Å². The average molecular weight is 291 g/mol. The van der Waals surface area contributed by atoms with Crippen LogP contribution in [0, 0.1) is 35.0 Å². The van der Waals surface area contributed by atoms with Gasteiger partial charge in [-0.25, -0.2) is 0 Å². The molecule has 0 aromatic carbocycles. The van der Waals surface area contributed by atoms with Gasteiger partial charge in [0.15, 0.2) is 0 Å². The summed E-state index contributed by atoms with van der Waals surface area (Å²) in [7, 11) is 0. The number of carbonyl (C=O) groups excluding carboxylic acids is 1. The molecule has 3 fully saturated rings. The van der Waals surface area contributed by atoms with Crippen molar-refractivity contribution in [2.24, 2.45) is 28.9 Å². The highest BCUT2D eigenvalue weighted by Crippen LogP contribution is 2.60. The molecule has 2 N–H and O–H groups in total. The number of fused-ring (bicyclic) bond motifs is 2. The SMILES string of the molecule is CCOC(=O)CCCC#CCC1CC2CC(C1N)C2(C)C. The van der Waals surface area contributed by atoms with E-state index in [2.05, 4.69) is 25.7 Å². The van der Waals surface area contributed by atoms with Gasteiger partial charge in [0, 0.05) is 25.3 Å². The number of ether oxygens (including phenoxy) is 1. The number of nitrogens with two attached hydrogens (primary N) is 1. The van der Waals surface area contributed by atoms with E-state index in [1.807, 2.05) is 6.92 Å². The van der Waals surface area contributed by atoms with Crippen molar-refractivity contribution in [2.75, 3.05) is 6.61 Å². The molecule has 3 nitrogen and oxygen atoms in total. The van der Waals surface area contributed by atoms with Crippen molar-refractivity contribution in [2.45, 2.75) is 65.3 Å². The first-order chi connectivity index (χ1) is 9.96. The van der Waals surface area contributed by atoms with Crippen LogP contribution >= 0.6 is 0 Å². The van der Waals surface area contributed by atoms with Gasteiger partial charge in [-0.1, -0.05) is 13.8 Å². The number of esters is 1. The predicted molar refractivity (Wildman–Crippen MR) is 84.3 cm³/mol. The van der Waals surface area contributed by atoms with E-state index in [1.54, 1.807) is 0 Å². The summed E-state index contributed by atoms with van der Waals surface area (Å²) < 4.78 is 4.89. The fourth-order valence-corrected chi connectivity index (χ4v) is 4.03. The second kappa shape index (κ2) is 6.83. The molecule has 0 aromatic heterocycles. The topological polar surface area (TPSA) is 52.3 Å². The van der Waals surface area contributed by atoms with Crippen LogP contribution in [-0.2, 0) is 9.53 Å². The zero-order valence-electron chi connectivity index (χ0n) is 13.7. The largest absolute Gasteiger partial charge is 0.466 e. The molecular formula is C18H29NO2. The molecule has 21 heavy (non-hydrogen) atoms. The van der Waals surface area contributed by atoms with Crippen LogP contribution in [0.1, 0.15) is 59.3 Å². The minimum Gasteiger partial charge on any atom is -0.466 e. The molecule has 0 saturated heterocycles. The third kappa shape index (κ3) is 3.61. The summed E-state index contributed by atoms with van der Waals surface area (Å²) in [5.74, 6) is 8.45. The van der Waals surface area contributed by atoms with Crippen LogP contribution in [0.4, 0.5) is 0 Å². The first-order valence-corrected chi connectivity index (χ1v) is 8.33. The van der Waals surface area contributed by atoms with Gasteiger partial charge in [-0.15, -0.1) is 11.8 Å². The van der Waals surface area contributed by atoms with Gasteiger partial charge in [0.05, 0.1) is 6.61 Å². The van der Waals surface area contributed by atoms with Gasteiger partial charge < -0.3 is 10.5 Å². The summed E-state index contributed by atoms with van der Waals surface area (Å²) in [4.78, 5) is 11.2. The summed E-state index contributed by atoms with van der Waals surface area (Å²) in [6.45, 7) is 7.02. The number of unbranched alkanes of at least 4 members (excludes halogenated alkanes) is 1. The zero-order chi connectivity index (χ0) is 15.5. The lowest BCUT2D eigenvalue weighted by molar-refractivity contribution is -0.143. The van der Waals surface area contributed by atoms with E-state index < -0.39 is 0 Å². The standard InChI is InChI=1S/C18H29NO2/c1-4-21-16(20)10-8-6-5-7-9-13-11-14-12-15(17(13)19)18(14,2)3/h13-15,17H,4,6,8-12,19H2,1-3H3. The summed E-state index contributed by atoms with van der Waals surface area (Å²) >= 11 is 0. The van der Waals surface area contributed by atoms with Gasteiger partial charge in [0.25, 0.3) is 0 Å². The molecule has 0 spiro atoms. The molecule has 3 rings (SSSR count). The fraction of sp³-hybridized carbons (Fsp3) is 0.833. The number of rotatable bonds is 5. The lowest BCUT2D eigenvalue weighted by Crippen LogP contribution is -2.61. The van der Waals surface area contributed by atoms with E-state index >= 15 is 0 Å². The van der Waals surface area contributed by atoms with Gasteiger partial charge in [-0.05, 0) is 49.4 Å². The van der Waals surface area contributed by atoms with Gasteiger partial charge in [-0.3, -0.25) is 4.79 Å². The summed E-state index contributed by atoms with van der Waals surface area (Å²) in [5.41, 5.74) is 6.87. The number of hydrogen-bond acceptors (Lipinski definition) is 3. The monoisotopic (exact) mass is 291 g/mol. The minimum atomic E-state index is -0.115. The second-order valence-corrected chi connectivity index (χ2v) is 7.15. The van der Waals surface area contributed by atoms with Crippen molar-refractivity contribution in [1.29, 1.82) is 0 Å². The molecule has 3 aliphatic carbocycles. The van der Waals surface area contributed by atoms with Crippen LogP contribution in [0.15, 0.2) is 0 Å². The van der Waals surface area contributed by atoms with Gasteiger partial charge in [0.1, 0.15) is 0 Å². The second-order valence-electron chi connectivity index (χ2n) is 7.15.